The summed E-state index contributed by atoms with van der Waals surface area (Å²) < 4.78 is 0. The van der Waals surface area contributed by atoms with E-state index >= 15 is 0 Å². The number of hydrogen-bond donors (Lipinski definition) is 2. The average molecular weight is 261 g/mol. The van der Waals surface area contributed by atoms with Gasteiger partial charge in [0, 0.05) is 5.69 Å². The first-order valence-corrected chi connectivity index (χ1v) is 7.56. The van der Waals surface area contributed by atoms with Crippen molar-refractivity contribution in [3.05, 3.63) is 29.0 Å². The van der Waals surface area contributed by atoms with Crippen LogP contribution in [0, 0.1) is 6.92 Å². The SMILES string of the molecule is Cc1[nH]c(C2CCCCCN2)nc1-c1cccs1. The Balaban J connectivity index is 1.87. The normalized spacial score (nSPS) is 20.8. The summed E-state index contributed by atoms with van der Waals surface area (Å²) in [5.74, 6) is 1.11. The lowest BCUT2D eigenvalue weighted by Gasteiger charge is -2.12. The van der Waals surface area contributed by atoms with Crippen LogP contribution in [-0.4, -0.2) is 16.5 Å². The summed E-state index contributed by atoms with van der Waals surface area (Å²) in [6.45, 7) is 3.22. The molecular weight excluding hydrogens is 242 g/mol. The van der Waals surface area contributed by atoms with Gasteiger partial charge in [-0.05, 0) is 37.8 Å². The lowest BCUT2D eigenvalue weighted by Crippen LogP contribution is -2.21. The van der Waals surface area contributed by atoms with Crippen molar-refractivity contribution in [1.29, 1.82) is 0 Å². The lowest BCUT2D eigenvalue weighted by atomic mass is 10.1. The maximum absolute atomic E-state index is 4.81. The van der Waals surface area contributed by atoms with Gasteiger partial charge in [-0.25, -0.2) is 4.98 Å². The van der Waals surface area contributed by atoms with Crippen LogP contribution in [0.2, 0.25) is 0 Å². The minimum Gasteiger partial charge on any atom is -0.344 e. The summed E-state index contributed by atoms with van der Waals surface area (Å²) in [6, 6.07) is 4.62. The zero-order valence-electron chi connectivity index (χ0n) is 10.7. The van der Waals surface area contributed by atoms with Gasteiger partial charge >= 0.3 is 0 Å². The monoisotopic (exact) mass is 261 g/mol. The molecule has 0 bridgehead atoms. The number of aryl methyl sites for hydroxylation is 1. The molecule has 4 heteroatoms. The van der Waals surface area contributed by atoms with Crippen molar-refractivity contribution < 1.29 is 0 Å². The molecule has 1 saturated heterocycles. The van der Waals surface area contributed by atoms with E-state index in [1.54, 1.807) is 11.3 Å². The Morgan fingerprint density at radius 2 is 2.28 bits per heavy atom. The molecule has 96 valence electrons. The van der Waals surface area contributed by atoms with E-state index in [1.165, 1.54) is 36.3 Å². The Labute approximate surface area is 112 Å². The first-order chi connectivity index (χ1) is 8.84. The molecule has 0 spiro atoms. The van der Waals surface area contributed by atoms with E-state index in [2.05, 4.69) is 34.7 Å². The van der Waals surface area contributed by atoms with Crippen LogP contribution in [0.15, 0.2) is 17.5 Å². The zero-order chi connectivity index (χ0) is 12.4. The number of aromatic nitrogens is 2. The summed E-state index contributed by atoms with van der Waals surface area (Å²) in [5.41, 5.74) is 2.30. The van der Waals surface area contributed by atoms with Crippen LogP contribution in [-0.2, 0) is 0 Å². The summed E-state index contributed by atoms with van der Waals surface area (Å²) >= 11 is 1.75. The van der Waals surface area contributed by atoms with Crippen LogP contribution >= 0.6 is 11.3 Å². The highest BCUT2D eigenvalue weighted by atomic mass is 32.1. The van der Waals surface area contributed by atoms with E-state index in [4.69, 9.17) is 4.98 Å². The molecule has 1 unspecified atom stereocenters. The van der Waals surface area contributed by atoms with Gasteiger partial charge in [0.15, 0.2) is 0 Å². The van der Waals surface area contributed by atoms with E-state index in [0.717, 1.165) is 18.1 Å². The summed E-state index contributed by atoms with van der Waals surface area (Å²) in [7, 11) is 0. The van der Waals surface area contributed by atoms with Crippen molar-refractivity contribution in [3.8, 4) is 10.6 Å². The number of rotatable bonds is 2. The van der Waals surface area contributed by atoms with Crippen molar-refractivity contribution in [2.24, 2.45) is 0 Å². The van der Waals surface area contributed by atoms with E-state index in [1.807, 2.05) is 0 Å². The predicted octanol–water partition coefficient (Wildman–Crippen LogP) is 3.65. The number of H-pyrrole nitrogens is 1. The number of imidazole rings is 1. The second kappa shape index (κ2) is 5.24. The molecule has 3 heterocycles. The number of nitrogens with one attached hydrogen (secondary N) is 2. The van der Waals surface area contributed by atoms with Crippen LogP contribution in [0.3, 0.4) is 0 Å². The van der Waals surface area contributed by atoms with Crippen molar-refractivity contribution in [2.45, 2.75) is 38.6 Å². The fourth-order valence-corrected chi connectivity index (χ4v) is 3.34. The molecule has 0 saturated carbocycles. The van der Waals surface area contributed by atoms with Gasteiger partial charge in [-0.15, -0.1) is 11.3 Å². The Bertz CT molecular complexity index is 493. The van der Waals surface area contributed by atoms with E-state index in [0.29, 0.717) is 6.04 Å². The smallest absolute Gasteiger partial charge is 0.124 e. The number of hydrogen-bond acceptors (Lipinski definition) is 3. The van der Waals surface area contributed by atoms with Gasteiger partial charge in [-0.2, -0.15) is 0 Å². The number of thiophene rings is 1. The fraction of sp³-hybridized carbons (Fsp3) is 0.500. The molecule has 0 amide bonds. The highest BCUT2D eigenvalue weighted by Crippen LogP contribution is 2.29. The van der Waals surface area contributed by atoms with E-state index < -0.39 is 0 Å². The topological polar surface area (TPSA) is 40.7 Å². The van der Waals surface area contributed by atoms with Gasteiger partial charge in [0.05, 0.1) is 10.9 Å². The van der Waals surface area contributed by atoms with Crippen molar-refractivity contribution in [3.63, 3.8) is 0 Å². The standard InChI is InChI=1S/C14H19N3S/c1-10-13(12-7-5-9-18-12)17-14(16-10)11-6-3-2-4-8-15-11/h5,7,9,11,15H,2-4,6,8H2,1H3,(H,16,17). The molecule has 2 aromatic rings. The number of nitrogens with zero attached hydrogens (tertiary/aromatic N) is 1. The van der Waals surface area contributed by atoms with Gasteiger partial charge in [0.25, 0.3) is 0 Å². The van der Waals surface area contributed by atoms with Crippen LogP contribution in [0.5, 0.6) is 0 Å². The van der Waals surface area contributed by atoms with Crippen LogP contribution in [0.4, 0.5) is 0 Å². The quantitative estimate of drug-likeness (QED) is 0.866. The molecule has 3 nitrogen and oxygen atoms in total. The summed E-state index contributed by atoms with van der Waals surface area (Å²) in [4.78, 5) is 9.53. The predicted molar refractivity (Wildman–Crippen MR) is 75.8 cm³/mol. The Morgan fingerprint density at radius 3 is 3.11 bits per heavy atom. The second-order valence-electron chi connectivity index (χ2n) is 4.93. The largest absolute Gasteiger partial charge is 0.344 e. The molecule has 1 fully saturated rings. The van der Waals surface area contributed by atoms with Gasteiger partial charge in [-0.3, -0.25) is 0 Å². The first-order valence-electron chi connectivity index (χ1n) is 6.68. The minimum atomic E-state index is 0.403. The van der Waals surface area contributed by atoms with Gasteiger partial charge in [-0.1, -0.05) is 18.9 Å². The molecule has 0 aromatic carbocycles. The van der Waals surface area contributed by atoms with Gasteiger partial charge in [0.1, 0.15) is 11.5 Å². The highest BCUT2D eigenvalue weighted by molar-refractivity contribution is 7.13. The summed E-state index contributed by atoms with van der Waals surface area (Å²) in [6.07, 6.45) is 5.11. The summed E-state index contributed by atoms with van der Waals surface area (Å²) in [5, 5.41) is 5.70. The van der Waals surface area contributed by atoms with E-state index in [-0.39, 0.29) is 0 Å². The van der Waals surface area contributed by atoms with Crippen molar-refractivity contribution in [1.82, 2.24) is 15.3 Å². The molecule has 18 heavy (non-hydrogen) atoms. The van der Waals surface area contributed by atoms with Gasteiger partial charge in [0.2, 0.25) is 0 Å². The zero-order valence-corrected chi connectivity index (χ0v) is 11.5. The molecule has 2 N–H and O–H groups in total. The maximum atomic E-state index is 4.81. The number of aromatic amines is 1. The Morgan fingerprint density at radius 1 is 1.33 bits per heavy atom. The third-order valence-electron chi connectivity index (χ3n) is 3.55. The molecule has 1 atom stereocenters. The van der Waals surface area contributed by atoms with Crippen molar-refractivity contribution >= 4 is 11.3 Å². The average Bonchev–Trinajstić information content (AvgIpc) is 2.92. The lowest BCUT2D eigenvalue weighted by molar-refractivity contribution is 0.511. The minimum absolute atomic E-state index is 0.403. The van der Waals surface area contributed by atoms with Gasteiger partial charge < -0.3 is 10.3 Å². The molecule has 3 rings (SSSR count). The van der Waals surface area contributed by atoms with Crippen LogP contribution in [0.1, 0.15) is 43.2 Å². The molecule has 0 aliphatic carbocycles. The third kappa shape index (κ3) is 2.35. The van der Waals surface area contributed by atoms with Crippen LogP contribution in [0.25, 0.3) is 10.6 Å². The molecule has 1 aliphatic heterocycles. The fourth-order valence-electron chi connectivity index (χ4n) is 2.56. The molecule has 0 radical (unpaired) electrons. The third-order valence-corrected chi connectivity index (χ3v) is 4.42. The Hall–Kier alpha value is -1.13. The second-order valence-corrected chi connectivity index (χ2v) is 5.88. The molecule has 1 aliphatic rings. The Kier molecular flexibility index (Phi) is 3.48. The molecule has 2 aromatic heterocycles. The first kappa shape index (κ1) is 11.9. The molecular formula is C14H19N3S. The van der Waals surface area contributed by atoms with Crippen LogP contribution < -0.4 is 5.32 Å². The maximum Gasteiger partial charge on any atom is 0.124 e. The van der Waals surface area contributed by atoms with Crippen molar-refractivity contribution in [2.75, 3.05) is 6.54 Å². The highest BCUT2D eigenvalue weighted by Gasteiger charge is 2.19. The van der Waals surface area contributed by atoms with E-state index in [9.17, 15) is 0 Å².